The van der Waals surface area contributed by atoms with Crippen LogP contribution in [0.25, 0.3) is 0 Å². The first kappa shape index (κ1) is 8.26. The summed E-state index contributed by atoms with van der Waals surface area (Å²) >= 11 is 0. The summed E-state index contributed by atoms with van der Waals surface area (Å²) in [6, 6.07) is 7.88. The van der Waals surface area contributed by atoms with Crippen molar-refractivity contribution in [1.82, 2.24) is 5.32 Å². The van der Waals surface area contributed by atoms with Crippen molar-refractivity contribution >= 4 is 5.97 Å². The van der Waals surface area contributed by atoms with Gasteiger partial charge in [0, 0.05) is 5.56 Å². The lowest BCUT2D eigenvalue weighted by Crippen LogP contribution is -2.14. The van der Waals surface area contributed by atoms with Crippen LogP contribution in [0.5, 0.6) is 0 Å². The summed E-state index contributed by atoms with van der Waals surface area (Å²) < 4.78 is 5.08. The van der Waals surface area contributed by atoms with Gasteiger partial charge in [-0.3, -0.25) is 10.1 Å². The van der Waals surface area contributed by atoms with Crippen LogP contribution in [0.1, 0.15) is 17.4 Å². The maximum absolute atomic E-state index is 10.9. The van der Waals surface area contributed by atoms with Gasteiger partial charge in [-0.2, -0.15) is 0 Å². The standard InChI is InChI=1S/C10H11NO2/c1-7-4-2-3-5-8(7)10-11-6-9(12)13-10/h2-5,10-11H,6H2,1H3. The van der Waals surface area contributed by atoms with Crippen LogP contribution in [0.3, 0.4) is 0 Å². The largest absolute Gasteiger partial charge is 0.441 e. The Hall–Kier alpha value is -1.35. The molecule has 1 aliphatic rings. The third-order valence-corrected chi connectivity index (χ3v) is 2.15. The van der Waals surface area contributed by atoms with Gasteiger partial charge < -0.3 is 4.74 Å². The third kappa shape index (κ3) is 1.55. The van der Waals surface area contributed by atoms with E-state index in [0.29, 0.717) is 6.54 Å². The van der Waals surface area contributed by atoms with Crippen LogP contribution in [0.2, 0.25) is 0 Å². The smallest absolute Gasteiger partial charge is 0.321 e. The number of hydrogen-bond acceptors (Lipinski definition) is 3. The summed E-state index contributed by atoms with van der Waals surface area (Å²) in [5.74, 6) is -0.187. The predicted octanol–water partition coefficient (Wildman–Crippen LogP) is 1.14. The molecule has 1 aliphatic heterocycles. The van der Waals surface area contributed by atoms with E-state index in [-0.39, 0.29) is 12.2 Å². The highest BCUT2D eigenvalue weighted by Crippen LogP contribution is 2.21. The molecule has 0 radical (unpaired) electrons. The van der Waals surface area contributed by atoms with Crippen LogP contribution >= 0.6 is 0 Å². The lowest BCUT2D eigenvalue weighted by atomic mass is 10.1. The topological polar surface area (TPSA) is 38.3 Å². The van der Waals surface area contributed by atoms with Crippen molar-refractivity contribution in [3.8, 4) is 0 Å². The highest BCUT2D eigenvalue weighted by molar-refractivity contribution is 5.73. The average molecular weight is 177 g/mol. The molecule has 0 amide bonds. The molecule has 0 aromatic heterocycles. The van der Waals surface area contributed by atoms with Gasteiger partial charge in [0.15, 0.2) is 6.23 Å². The minimum Gasteiger partial charge on any atom is -0.441 e. The van der Waals surface area contributed by atoms with Crippen molar-refractivity contribution < 1.29 is 9.53 Å². The Morgan fingerprint density at radius 3 is 2.85 bits per heavy atom. The molecule has 1 aromatic carbocycles. The average Bonchev–Trinajstić information content (AvgIpc) is 2.53. The molecule has 13 heavy (non-hydrogen) atoms. The van der Waals surface area contributed by atoms with Crippen molar-refractivity contribution in [2.45, 2.75) is 13.2 Å². The van der Waals surface area contributed by atoms with Crippen LogP contribution in [-0.2, 0) is 9.53 Å². The van der Waals surface area contributed by atoms with Gasteiger partial charge in [0.2, 0.25) is 0 Å². The highest BCUT2D eigenvalue weighted by atomic mass is 16.6. The Bertz CT molecular complexity index is 335. The molecule has 1 unspecified atom stereocenters. The normalized spacial score (nSPS) is 21.6. The Balaban J connectivity index is 2.26. The van der Waals surface area contributed by atoms with Gasteiger partial charge in [-0.15, -0.1) is 0 Å². The number of rotatable bonds is 1. The number of hydrogen-bond donors (Lipinski definition) is 1. The van der Waals surface area contributed by atoms with E-state index >= 15 is 0 Å². The minimum atomic E-state index is -0.256. The maximum Gasteiger partial charge on any atom is 0.321 e. The maximum atomic E-state index is 10.9. The Labute approximate surface area is 76.7 Å². The fraction of sp³-hybridized carbons (Fsp3) is 0.300. The van der Waals surface area contributed by atoms with Crippen LogP contribution in [0.15, 0.2) is 24.3 Å². The Morgan fingerprint density at radius 2 is 2.23 bits per heavy atom. The van der Waals surface area contributed by atoms with Gasteiger partial charge in [0.25, 0.3) is 0 Å². The van der Waals surface area contributed by atoms with Gasteiger partial charge in [-0.1, -0.05) is 24.3 Å². The van der Waals surface area contributed by atoms with Crippen molar-refractivity contribution in [2.24, 2.45) is 0 Å². The number of carbonyl (C=O) groups is 1. The number of ether oxygens (including phenoxy) is 1. The predicted molar refractivity (Wildman–Crippen MR) is 48.0 cm³/mol. The number of carbonyl (C=O) groups excluding carboxylic acids is 1. The molecule has 0 bridgehead atoms. The molecule has 0 spiro atoms. The van der Waals surface area contributed by atoms with E-state index in [1.807, 2.05) is 31.2 Å². The van der Waals surface area contributed by atoms with E-state index < -0.39 is 0 Å². The molecule has 1 fully saturated rings. The van der Waals surface area contributed by atoms with Crippen LogP contribution in [0, 0.1) is 6.92 Å². The second kappa shape index (κ2) is 3.18. The van der Waals surface area contributed by atoms with Crippen LogP contribution in [-0.4, -0.2) is 12.5 Å². The number of aryl methyl sites for hydroxylation is 1. The summed E-state index contributed by atoms with van der Waals surface area (Å²) in [4.78, 5) is 10.9. The molecule has 0 aliphatic carbocycles. The molecule has 3 heteroatoms. The zero-order chi connectivity index (χ0) is 9.26. The summed E-state index contributed by atoms with van der Waals surface area (Å²) in [7, 11) is 0. The first-order valence-corrected chi connectivity index (χ1v) is 4.26. The van der Waals surface area contributed by atoms with Gasteiger partial charge in [0.1, 0.15) is 0 Å². The van der Waals surface area contributed by atoms with Crippen molar-refractivity contribution in [3.63, 3.8) is 0 Å². The second-order valence-corrected chi connectivity index (χ2v) is 3.11. The SMILES string of the molecule is Cc1ccccc1C1NCC(=O)O1. The van der Waals surface area contributed by atoms with Gasteiger partial charge in [-0.25, -0.2) is 0 Å². The fourth-order valence-corrected chi connectivity index (χ4v) is 1.45. The molecule has 1 N–H and O–H groups in total. The molecule has 68 valence electrons. The molecule has 1 aromatic rings. The number of cyclic esters (lactones) is 1. The molecule has 3 nitrogen and oxygen atoms in total. The minimum absolute atomic E-state index is 0.187. The van der Waals surface area contributed by atoms with Gasteiger partial charge in [-0.05, 0) is 12.5 Å². The summed E-state index contributed by atoms with van der Waals surface area (Å²) in [6.45, 7) is 2.31. The highest BCUT2D eigenvalue weighted by Gasteiger charge is 2.24. The number of benzene rings is 1. The summed E-state index contributed by atoms with van der Waals surface area (Å²) in [5.41, 5.74) is 2.17. The fourth-order valence-electron chi connectivity index (χ4n) is 1.45. The monoisotopic (exact) mass is 177 g/mol. The Kier molecular flexibility index (Phi) is 2.02. The molecular formula is C10H11NO2. The van der Waals surface area contributed by atoms with E-state index in [9.17, 15) is 4.79 Å². The lowest BCUT2D eigenvalue weighted by Gasteiger charge is -2.11. The van der Waals surface area contributed by atoms with Gasteiger partial charge in [0.05, 0.1) is 6.54 Å². The zero-order valence-corrected chi connectivity index (χ0v) is 7.41. The summed E-state index contributed by atoms with van der Waals surface area (Å²) in [5, 5.41) is 2.99. The van der Waals surface area contributed by atoms with E-state index in [1.165, 1.54) is 0 Å². The third-order valence-electron chi connectivity index (χ3n) is 2.15. The molecular weight excluding hydrogens is 166 g/mol. The van der Waals surface area contributed by atoms with Crippen molar-refractivity contribution in [2.75, 3.05) is 6.54 Å². The van der Waals surface area contributed by atoms with Crippen LogP contribution in [0.4, 0.5) is 0 Å². The molecule has 0 saturated carbocycles. The Morgan fingerprint density at radius 1 is 1.46 bits per heavy atom. The molecule has 1 atom stereocenters. The van der Waals surface area contributed by atoms with E-state index in [1.54, 1.807) is 0 Å². The lowest BCUT2D eigenvalue weighted by molar-refractivity contribution is -0.140. The molecule has 1 heterocycles. The molecule has 1 saturated heterocycles. The zero-order valence-electron chi connectivity index (χ0n) is 7.41. The number of nitrogens with one attached hydrogen (secondary N) is 1. The van der Waals surface area contributed by atoms with E-state index in [4.69, 9.17) is 4.74 Å². The first-order valence-electron chi connectivity index (χ1n) is 4.26. The second-order valence-electron chi connectivity index (χ2n) is 3.11. The first-order chi connectivity index (χ1) is 6.27. The summed E-state index contributed by atoms with van der Waals surface area (Å²) in [6.07, 6.45) is -0.256. The van der Waals surface area contributed by atoms with Crippen molar-refractivity contribution in [3.05, 3.63) is 35.4 Å². The van der Waals surface area contributed by atoms with E-state index in [0.717, 1.165) is 11.1 Å². The number of esters is 1. The van der Waals surface area contributed by atoms with E-state index in [2.05, 4.69) is 5.32 Å². The quantitative estimate of drug-likeness (QED) is 0.654. The molecule has 2 rings (SSSR count). The van der Waals surface area contributed by atoms with Crippen molar-refractivity contribution in [1.29, 1.82) is 0 Å². The van der Waals surface area contributed by atoms with Gasteiger partial charge >= 0.3 is 5.97 Å². The van der Waals surface area contributed by atoms with Crippen LogP contribution < -0.4 is 5.32 Å².